The molecule has 0 bridgehead atoms. The summed E-state index contributed by atoms with van der Waals surface area (Å²) in [6.07, 6.45) is -0.944. The van der Waals surface area contributed by atoms with Crippen molar-refractivity contribution in [1.29, 1.82) is 0 Å². The summed E-state index contributed by atoms with van der Waals surface area (Å²) in [4.78, 5) is 21.2. The summed E-state index contributed by atoms with van der Waals surface area (Å²) in [7, 11) is 0. The van der Waals surface area contributed by atoms with Crippen LogP contribution >= 0.6 is 11.6 Å². The highest BCUT2D eigenvalue weighted by Crippen LogP contribution is 2.23. The van der Waals surface area contributed by atoms with Crippen LogP contribution in [0.25, 0.3) is 10.9 Å². The molecule has 0 fully saturated rings. The lowest BCUT2D eigenvalue weighted by Gasteiger charge is -2.33. The zero-order valence-electron chi connectivity index (χ0n) is 13.7. The van der Waals surface area contributed by atoms with E-state index in [1.807, 2.05) is 45.9 Å². The minimum atomic E-state index is -0.944. The van der Waals surface area contributed by atoms with Crippen molar-refractivity contribution in [2.24, 2.45) is 0 Å². The quantitative estimate of drug-likeness (QED) is 0.831. The molecule has 1 heterocycles. The van der Waals surface area contributed by atoms with Gasteiger partial charge in [0.15, 0.2) is 0 Å². The Morgan fingerprint density at radius 3 is 2.65 bits per heavy atom. The smallest absolute Gasteiger partial charge is 0.407 e. The predicted octanol–water partition coefficient (Wildman–Crippen LogP) is 3.78. The zero-order chi connectivity index (χ0) is 17.2. The third-order valence-corrected chi connectivity index (χ3v) is 3.66. The number of carbonyl (C=O) groups is 1. The van der Waals surface area contributed by atoms with Gasteiger partial charge in [0.05, 0.1) is 5.52 Å². The van der Waals surface area contributed by atoms with Gasteiger partial charge in [-0.25, -0.2) is 14.8 Å². The normalized spacial score (nSPS) is 11.5. The second-order valence-electron chi connectivity index (χ2n) is 6.39. The number of halogens is 1. The molecule has 2 aromatic rings. The van der Waals surface area contributed by atoms with Crippen molar-refractivity contribution >= 4 is 34.4 Å². The lowest BCUT2D eigenvalue weighted by Crippen LogP contribution is -2.47. The topological polar surface area (TPSA) is 78.4 Å². The van der Waals surface area contributed by atoms with Crippen molar-refractivity contribution < 1.29 is 9.90 Å². The number of aryl methyl sites for hydroxylation is 1. The summed E-state index contributed by atoms with van der Waals surface area (Å²) in [6.45, 7) is 8.35. The minimum Gasteiger partial charge on any atom is -0.465 e. The monoisotopic (exact) mass is 336 g/mol. The molecule has 23 heavy (non-hydrogen) atoms. The van der Waals surface area contributed by atoms with E-state index in [1.54, 1.807) is 0 Å². The van der Waals surface area contributed by atoms with Gasteiger partial charge < -0.3 is 15.3 Å². The first-order valence-electron chi connectivity index (χ1n) is 7.37. The van der Waals surface area contributed by atoms with Crippen LogP contribution in [0, 0.1) is 6.92 Å². The summed E-state index contributed by atoms with van der Waals surface area (Å²) in [5.41, 5.74) is 1.38. The van der Waals surface area contributed by atoms with Crippen molar-refractivity contribution in [3.8, 4) is 0 Å². The van der Waals surface area contributed by atoms with Gasteiger partial charge in [-0.1, -0.05) is 11.6 Å². The zero-order valence-corrected chi connectivity index (χ0v) is 14.5. The number of amides is 1. The molecule has 0 aliphatic rings. The van der Waals surface area contributed by atoms with E-state index in [4.69, 9.17) is 11.6 Å². The molecule has 0 atom stereocenters. The largest absolute Gasteiger partial charge is 0.465 e. The second-order valence-corrected chi connectivity index (χ2v) is 6.73. The first-order valence-corrected chi connectivity index (χ1v) is 7.74. The average Bonchev–Trinajstić information content (AvgIpc) is 2.42. The minimum absolute atomic E-state index is 0.162. The molecule has 6 nitrogen and oxygen atoms in total. The highest BCUT2D eigenvalue weighted by atomic mass is 35.5. The lowest BCUT2D eigenvalue weighted by atomic mass is 10.1. The Hall–Kier alpha value is -2.08. The van der Waals surface area contributed by atoms with E-state index >= 15 is 0 Å². The van der Waals surface area contributed by atoms with E-state index < -0.39 is 11.6 Å². The third kappa shape index (κ3) is 4.22. The fourth-order valence-corrected chi connectivity index (χ4v) is 2.53. The second kappa shape index (κ2) is 6.58. The molecule has 7 heteroatoms. The van der Waals surface area contributed by atoms with E-state index in [0.717, 1.165) is 16.5 Å². The van der Waals surface area contributed by atoms with Gasteiger partial charge in [0.1, 0.15) is 5.82 Å². The maximum atomic E-state index is 11.4. The Morgan fingerprint density at radius 1 is 1.35 bits per heavy atom. The maximum Gasteiger partial charge on any atom is 0.407 e. The average molecular weight is 337 g/mol. The Morgan fingerprint density at radius 2 is 2.04 bits per heavy atom. The molecule has 0 saturated heterocycles. The Labute approximate surface area is 140 Å². The van der Waals surface area contributed by atoms with Crippen LogP contribution in [0.3, 0.4) is 0 Å². The number of fused-ring (bicyclic) bond motifs is 1. The molecule has 124 valence electrons. The number of benzene rings is 1. The van der Waals surface area contributed by atoms with Crippen molar-refractivity contribution in [2.75, 3.05) is 18.4 Å². The van der Waals surface area contributed by atoms with Gasteiger partial charge >= 0.3 is 6.09 Å². The fourth-order valence-electron chi connectivity index (χ4n) is 2.35. The number of hydrogen-bond donors (Lipinski definition) is 2. The van der Waals surface area contributed by atoms with Crippen LogP contribution in [0.1, 0.15) is 26.3 Å². The number of anilines is 1. The molecule has 0 radical (unpaired) electrons. The predicted molar refractivity (Wildman–Crippen MR) is 92.3 cm³/mol. The molecular weight excluding hydrogens is 316 g/mol. The maximum absolute atomic E-state index is 11.4. The third-order valence-electron chi connectivity index (χ3n) is 3.49. The lowest BCUT2D eigenvalue weighted by molar-refractivity contribution is 0.103. The fraction of sp³-hybridized carbons (Fsp3) is 0.438. The van der Waals surface area contributed by atoms with E-state index in [-0.39, 0.29) is 5.28 Å². The van der Waals surface area contributed by atoms with Crippen LogP contribution in [-0.2, 0) is 0 Å². The number of rotatable bonds is 4. The van der Waals surface area contributed by atoms with Gasteiger partial charge in [-0.05, 0) is 51.4 Å². The summed E-state index contributed by atoms with van der Waals surface area (Å²) < 4.78 is 0. The van der Waals surface area contributed by atoms with Gasteiger partial charge in [0.2, 0.25) is 5.28 Å². The first-order chi connectivity index (χ1) is 10.7. The molecule has 2 rings (SSSR count). The summed E-state index contributed by atoms with van der Waals surface area (Å²) in [5, 5.41) is 13.5. The van der Waals surface area contributed by atoms with Gasteiger partial charge in [-0.3, -0.25) is 0 Å². The number of aromatic nitrogens is 2. The molecule has 0 saturated carbocycles. The number of carboxylic acid groups (broad SMARTS) is 1. The van der Waals surface area contributed by atoms with Crippen molar-refractivity contribution in [3.63, 3.8) is 0 Å². The van der Waals surface area contributed by atoms with Crippen molar-refractivity contribution in [3.05, 3.63) is 29.0 Å². The Bertz CT molecular complexity index is 728. The number of hydrogen-bond acceptors (Lipinski definition) is 4. The van der Waals surface area contributed by atoms with Gasteiger partial charge in [0.25, 0.3) is 0 Å². The van der Waals surface area contributed by atoms with E-state index in [1.165, 1.54) is 4.90 Å². The van der Waals surface area contributed by atoms with E-state index in [0.29, 0.717) is 18.9 Å². The molecule has 0 aliphatic heterocycles. The Kier molecular flexibility index (Phi) is 4.94. The SMILES string of the molecule is Cc1ccc2nc(Cl)nc(NCCN(C(=O)O)C(C)(C)C)c2c1. The number of nitrogens with zero attached hydrogens (tertiary/aromatic N) is 3. The first kappa shape index (κ1) is 17.3. The molecule has 0 unspecified atom stereocenters. The van der Waals surface area contributed by atoms with Crippen LogP contribution in [-0.4, -0.2) is 44.7 Å². The van der Waals surface area contributed by atoms with Gasteiger partial charge in [0, 0.05) is 24.0 Å². The molecule has 0 aliphatic carbocycles. The highest BCUT2D eigenvalue weighted by molar-refractivity contribution is 6.28. The summed E-state index contributed by atoms with van der Waals surface area (Å²) in [6, 6.07) is 5.83. The van der Waals surface area contributed by atoms with Gasteiger partial charge in [-0.15, -0.1) is 0 Å². The molecule has 1 aromatic heterocycles. The summed E-state index contributed by atoms with van der Waals surface area (Å²) >= 11 is 5.96. The van der Waals surface area contributed by atoms with Crippen molar-refractivity contribution in [2.45, 2.75) is 33.2 Å². The standard InChI is InChI=1S/C16H21ClN4O2/c1-10-5-6-12-11(9-10)13(20-14(17)19-12)18-7-8-21(15(22)23)16(2,3)4/h5-6,9H,7-8H2,1-4H3,(H,22,23)(H,18,19,20). The van der Waals surface area contributed by atoms with Crippen LogP contribution in [0.5, 0.6) is 0 Å². The molecular formula is C16H21ClN4O2. The highest BCUT2D eigenvalue weighted by Gasteiger charge is 2.25. The molecule has 2 N–H and O–H groups in total. The van der Waals surface area contributed by atoms with Crippen LogP contribution in [0.15, 0.2) is 18.2 Å². The van der Waals surface area contributed by atoms with Crippen LogP contribution in [0.2, 0.25) is 5.28 Å². The number of nitrogens with one attached hydrogen (secondary N) is 1. The summed E-state index contributed by atoms with van der Waals surface area (Å²) in [5.74, 6) is 0.614. The Balaban J connectivity index is 2.19. The van der Waals surface area contributed by atoms with E-state index in [9.17, 15) is 9.90 Å². The van der Waals surface area contributed by atoms with Crippen LogP contribution < -0.4 is 5.32 Å². The molecule has 0 spiro atoms. The van der Waals surface area contributed by atoms with Crippen LogP contribution in [0.4, 0.5) is 10.6 Å². The molecule has 1 aromatic carbocycles. The molecule has 1 amide bonds. The van der Waals surface area contributed by atoms with Crippen molar-refractivity contribution in [1.82, 2.24) is 14.9 Å². The van der Waals surface area contributed by atoms with E-state index in [2.05, 4.69) is 15.3 Å². The van der Waals surface area contributed by atoms with Gasteiger partial charge in [-0.2, -0.15) is 0 Å².